The molecule has 0 bridgehead atoms. The SMILES string of the molecule is CC(C)c1ccc(S(=O)(=O)N2CCN(c3ccc([N+](=O)[O-])c(C#N)n3)CC2)cc1. The normalized spacial score (nSPS) is 15.3. The van der Waals surface area contributed by atoms with E-state index in [2.05, 4.69) is 4.98 Å². The molecule has 0 saturated carbocycles. The van der Waals surface area contributed by atoms with Crippen molar-refractivity contribution in [2.45, 2.75) is 24.7 Å². The smallest absolute Gasteiger partial charge is 0.305 e. The van der Waals surface area contributed by atoms with Crippen LogP contribution < -0.4 is 4.90 Å². The first-order chi connectivity index (χ1) is 13.7. The zero-order chi connectivity index (χ0) is 21.2. The van der Waals surface area contributed by atoms with Crippen LogP contribution >= 0.6 is 0 Å². The summed E-state index contributed by atoms with van der Waals surface area (Å²) in [6.45, 7) is 5.36. The molecule has 1 aliphatic rings. The standard InChI is InChI=1S/C19H21N5O4S/c1-14(2)15-3-5-16(6-4-15)29(27,28)23-11-9-22(10-12-23)19-8-7-18(24(25)26)17(13-20)21-19/h3-8,14H,9-12H2,1-2H3. The Labute approximate surface area is 169 Å². The number of hydrogen-bond donors (Lipinski definition) is 0. The lowest BCUT2D eigenvalue weighted by Crippen LogP contribution is -2.48. The molecule has 0 aliphatic carbocycles. The van der Waals surface area contributed by atoms with Crippen LogP contribution in [0.3, 0.4) is 0 Å². The molecule has 0 radical (unpaired) electrons. The van der Waals surface area contributed by atoms with E-state index in [9.17, 15) is 18.5 Å². The Morgan fingerprint density at radius 3 is 2.24 bits per heavy atom. The van der Waals surface area contributed by atoms with Crippen LogP contribution in [0, 0.1) is 21.4 Å². The Kier molecular flexibility index (Phi) is 5.81. The fourth-order valence-corrected chi connectivity index (χ4v) is 4.60. The molecule has 0 N–H and O–H groups in total. The van der Waals surface area contributed by atoms with Gasteiger partial charge in [-0.05, 0) is 29.7 Å². The molecule has 1 fully saturated rings. The van der Waals surface area contributed by atoms with Gasteiger partial charge < -0.3 is 4.90 Å². The third kappa shape index (κ3) is 4.21. The van der Waals surface area contributed by atoms with E-state index in [4.69, 9.17) is 5.26 Å². The van der Waals surface area contributed by atoms with Gasteiger partial charge in [0.15, 0.2) is 0 Å². The molecular weight excluding hydrogens is 394 g/mol. The number of piperazine rings is 1. The van der Waals surface area contributed by atoms with Gasteiger partial charge in [-0.25, -0.2) is 13.4 Å². The van der Waals surface area contributed by atoms with E-state index in [1.54, 1.807) is 18.2 Å². The van der Waals surface area contributed by atoms with Gasteiger partial charge in [-0.15, -0.1) is 0 Å². The Hall–Kier alpha value is -3.03. The second kappa shape index (κ2) is 8.14. The lowest BCUT2D eigenvalue weighted by atomic mass is 10.0. The number of nitrogens with zero attached hydrogens (tertiary/aromatic N) is 5. The van der Waals surface area contributed by atoms with Crippen molar-refractivity contribution in [1.29, 1.82) is 5.26 Å². The van der Waals surface area contributed by atoms with Crippen molar-refractivity contribution in [3.8, 4) is 6.07 Å². The first-order valence-electron chi connectivity index (χ1n) is 9.14. The molecule has 0 amide bonds. The average Bonchev–Trinajstić information content (AvgIpc) is 2.73. The minimum atomic E-state index is -3.60. The van der Waals surface area contributed by atoms with Crippen molar-refractivity contribution in [2.24, 2.45) is 0 Å². The van der Waals surface area contributed by atoms with Crippen molar-refractivity contribution in [2.75, 3.05) is 31.1 Å². The van der Waals surface area contributed by atoms with Crippen LogP contribution in [0.2, 0.25) is 0 Å². The van der Waals surface area contributed by atoms with Crippen LogP contribution in [-0.4, -0.2) is 48.8 Å². The van der Waals surface area contributed by atoms with Gasteiger partial charge in [-0.3, -0.25) is 10.1 Å². The van der Waals surface area contributed by atoms with Gasteiger partial charge in [0.1, 0.15) is 11.9 Å². The van der Waals surface area contributed by atoms with Crippen molar-refractivity contribution in [1.82, 2.24) is 9.29 Å². The van der Waals surface area contributed by atoms with Crippen molar-refractivity contribution < 1.29 is 13.3 Å². The summed E-state index contributed by atoms with van der Waals surface area (Å²) in [4.78, 5) is 16.4. The highest BCUT2D eigenvalue weighted by Crippen LogP contribution is 2.24. The highest BCUT2D eigenvalue weighted by Gasteiger charge is 2.29. The predicted molar refractivity (Wildman–Crippen MR) is 107 cm³/mol. The molecule has 2 heterocycles. The third-order valence-electron chi connectivity index (χ3n) is 4.91. The molecule has 10 heteroatoms. The van der Waals surface area contributed by atoms with Crippen molar-refractivity contribution in [3.63, 3.8) is 0 Å². The van der Waals surface area contributed by atoms with E-state index in [0.717, 1.165) is 5.56 Å². The highest BCUT2D eigenvalue weighted by atomic mass is 32.2. The van der Waals surface area contributed by atoms with E-state index in [0.29, 0.717) is 24.8 Å². The van der Waals surface area contributed by atoms with Gasteiger partial charge in [0.05, 0.1) is 9.82 Å². The molecule has 152 valence electrons. The van der Waals surface area contributed by atoms with Crippen molar-refractivity contribution in [3.05, 3.63) is 57.8 Å². The topological polar surface area (TPSA) is 120 Å². The molecule has 1 aromatic carbocycles. The maximum atomic E-state index is 12.9. The number of rotatable bonds is 5. The van der Waals surface area contributed by atoms with E-state index < -0.39 is 14.9 Å². The zero-order valence-corrected chi connectivity index (χ0v) is 17.0. The van der Waals surface area contributed by atoms with Crippen LogP contribution in [0.5, 0.6) is 0 Å². The number of aromatic nitrogens is 1. The Morgan fingerprint density at radius 2 is 1.72 bits per heavy atom. The Morgan fingerprint density at radius 1 is 1.10 bits per heavy atom. The molecule has 0 unspecified atom stereocenters. The van der Waals surface area contributed by atoms with Crippen LogP contribution in [0.1, 0.15) is 31.0 Å². The average molecular weight is 415 g/mol. The Balaban J connectivity index is 1.73. The zero-order valence-electron chi connectivity index (χ0n) is 16.1. The second-order valence-corrected chi connectivity index (χ2v) is 8.96. The van der Waals surface area contributed by atoms with Gasteiger partial charge in [0.25, 0.3) is 0 Å². The fourth-order valence-electron chi connectivity index (χ4n) is 3.18. The molecule has 1 saturated heterocycles. The van der Waals surface area contributed by atoms with Gasteiger partial charge >= 0.3 is 5.69 Å². The minimum absolute atomic E-state index is 0.257. The summed E-state index contributed by atoms with van der Waals surface area (Å²) in [6.07, 6.45) is 0. The number of anilines is 1. The molecule has 29 heavy (non-hydrogen) atoms. The molecule has 1 aromatic heterocycles. The van der Waals surface area contributed by atoms with Gasteiger partial charge in [0, 0.05) is 32.2 Å². The molecule has 9 nitrogen and oxygen atoms in total. The summed E-state index contributed by atoms with van der Waals surface area (Å²) in [5, 5.41) is 20.0. The molecule has 0 spiro atoms. The molecule has 2 aromatic rings. The number of hydrogen-bond acceptors (Lipinski definition) is 7. The quantitative estimate of drug-likeness (QED) is 0.543. The van der Waals surface area contributed by atoms with Crippen LogP contribution in [0.25, 0.3) is 0 Å². The molecule has 1 aliphatic heterocycles. The minimum Gasteiger partial charge on any atom is -0.354 e. The number of benzene rings is 1. The summed E-state index contributed by atoms with van der Waals surface area (Å²) >= 11 is 0. The summed E-state index contributed by atoms with van der Waals surface area (Å²) in [5.41, 5.74) is 0.474. The summed E-state index contributed by atoms with van der Waals surface area (Å²) < 4.78 is 27.2. The summed E-state index contributed by atoms with van der Waals surface area (Å²) in [6, 6.07) is 11.4. The van der Waals surface area contributed by atoms with E-state index >= 15 is 0 Å². The van der Waals surface area contributed by atoms with E-state index in [-0.39, 0.29) is 29.4 Å². The molecule has 0 atom stereocenters. The maximum Gasteiger partial charge on any atom is 0.305 e. The lowest BCUT2D eigenvalue weighted by molar-refractivity contribution is -0.385. The third-order valence-corrected chi connectivity index (χ3v) is 6.82. The van der Waals surface area contributed by atoms with E-state index in [1.807, 2.05) is 30.9 Å². The van der Waals surface area contributed by atoms with Crippen LogP contribution in [0.15, 0.2) is 41.3 Å². The molecular formula is C19H21N5O4S. The highest BCUT2D eigenvalue weighted by molar-refractivity contribution is 7.89. The van der Waals surface area contributed by atoms with Crippen LogP contribution in [0.4, 0.5) is 11.5 Å². The maximum absolute atomic E-state index is 12.9. The van der Waals surface area contributed by atoms with Gasteiger partial charge in [-0.2, -0.15) is 9.57 Å². The monoisotopic (exact) mass is 415 g/mol. The largest absolute Gasteiger partial charge is 0.354 e. The Bertz CT molecular complexity index is 1050. The first kappa shape index (κ1) is 20.7. The second-order valence-electron chi connectivity index (χ2n) is 7.02. The van der Waals surface area contributed by atoms with Gasteiger partial charge in [0.2, 0.25) is 15.7 Å². The van der Waals surface area contributed by atoms with Gasteiger partial charge in [-0.1, -0.05) is 26.0 Å². The summed E-state index contributed by atoms with van der Waals surface area (Å²) in [5.74, 6) is 0.744. The number of sulfonamides is 1. The van der Waals surface area contributed by atoms with Crippen molar-refractivity contribution >= 4 is 21.5 Å². The lowest BCUT2D eigenvalue weighted by Gasteiger charge is -2.34. The van der Waals surface area contributed by atoms with Crippen LogP contribution in [-0.2, 0) is 10.0 Å². The van der Waals surface area contributed by atoms with E-state index in [1.165, 1.54) is 16.4 Å². The number of pyridine rings is 1. The predicted octanol–water partition coefficient (Wildman–Crippen LogP) is 2.50. The fraction of sp³-hybridized carbons (Fsp3) is 0.368. The number of nitriles is 1. The summed E-state index contributed by atoms with van der Waals surface area (Å²) in [7, 11) is -3.60. The number of nitro groups is 1. The first-order valence-corrected chi connectivity index (χ1v) is 10.6. The molecule has 3 rings (SSSR count).